The number of carbonyl (C=O) groups excluding carboxylic acids is 1. The molecule has 2 N–H and O–H groups in total. The Labute approximate surface area is 145 Å². The summed E-state index contributed by atoms with van der Waals surface area (Å²) in [5.74, 6) is -0.248. The van der Waals surface area contributed by atoms with Crippen LogP contribution in [0.3, 0.4) is 0 Å². The van der Waals surface area contributed by atoms with E-state index in [-0.39, 0.29) is 30.0 Å². The van der Waals surface area contributed by atoms with E-state index < -0.39 is 0 Å². The van der Waals surface area contributed by atoms with Gasteiger partial charge in [0, 0.05) is 18.4 Å². The van der Waals surface area contributed by atoms with Crippen LogP contribution >= 0.6 is 0 Å². The molecule has 0 unspecified atom stereocenters. The molecule has 1 fully saturated rings. The van der Waals surface area contributed by atoms with Crippen LogP contribution in [0, 0.1) is 0 Å². The summed E-state index contributed by atoms with van der Waals surface area (Å²) >= 11 is 0. The lowest BCUT2D eigenvalue weighted by molar-refractivity contribution is -0.125. The molecule has 25 heavy (non-hydrogen) atoms. The van der Waals surface area contributed by atoms with Crippen LogP contribution in [0.15, 0.2) is 47.7 Å². The van der Waals surface area contributed by atoms with Crippen molar-refractivity contribution in [2.75, 3.05) is 13.2 Å². The summed E-state index contributed by atoms with van der Waals surface area (Å²) in [6.45, 7) is 1.49. The average molecular weight is 343 g/mol. The van der Waals surface area contributed by atoms with Crippen molar-refractivity contribution in [3.05, 3.63) is 64.3 Å². The van der Waals surface area contributed by atoms with Crippen LogP contribution in [0.4, 0.5) is 0 Å². The van der Waals surface area contributed by atoms with Gasteiger partial charge < -0.3 is 19.8 Å². The fraction of sp³-hybridized carbons (Fsp3) is 0.389. The highest BCUT2D eigenvalue weighted by Crippen LogP contribution is 2.14. The fourth-order valence-corrected chi connectivity index (χ4v) is 2.76. The molecule has 7 nitrogen and oxygen atoms in total. The molecule has 0 bridgehead atoms. The first-order valence-electron chi connectivity index (χ1n) is 8.26. The van der Waals surface area contributed by atoms with Crippen LogP contribution in [0.5, 0.6) is 0 Å². The summed E-state index contributed by atoms with van der Waals surface area (Å²) in [5, 5.41) is 2.91. The third kappa shape index (κ3) is 4.98. The second kappa shape index (κ2) is 8.55. The summed E-state index contributed by atoms with van der Waals surface area (Å²) in [5.41, 5.74) is 1.11. The van der Waals surface area contributed by atoms with Crippen molar-refractivity contribution < 1.29 is 14.3 Å². The maximum Gasteiger partial charge on any atom is 0.254 e. The Morgan fingerprint density at radius 2 is 2.20 bits per heavy atom. The minimum absolute atomic E-state index is 0.0227. The smallest absolute Gasteiger partial charge is 0.254 e. The third-order valence-corrected chi connectivity index (χ3v) is 4.09. The molecule has 0 spiro atoms. The first kappa shape index (κ1) is 17.3. The van der Waals surface area contributed by atoms with E-state index >= 15 is 0 Å². The number of rotatable bonds is 6. The zero-order valence-corrected chi connectivity index (χ0v) is 13.8. The van der Waals surface area contributed by atoms with Gasteiger partial charge >= 0.3 is 0 Å². The van der Waals surface area contributed by atoms with Crippen molar-refractivity contribution in [1.29, 1.82) is 0 Å². The van der Waals surface area contributed by atoms with Crippen molar-refractivity contribution in [2.24, 2.45) is 0 Å². The van der Waals surface area contributed by atoms with Crippen LogP contribution in [0.2, 0.25) is 0 Å². The maximum atomic E-state index is 12.2. The van der Waals surface area contributed by atoms with Gasteiger partial charge in [0.05, 0.1) is 38.1 Å². The summed E-state index contributed by atoms with van der Waals surface area (Å²) in [4.78, 5) is 30.2. The Morgan fingerprint density at radius 1 is 1.36 bits per heavy atom. The molecular formula is C18H21N3O4. The lowest BCUT2D eigenvalue weighted by atomic mass is 10.1. The molecule has 2 atom stereocenters. The normalized spacial score (nSPS) is 20.2. The number of nitrogens with one attached hydrogen (secondary N) is 2. The molecule has 1 aliphatic rings. The van der Waals surface area contributed by atoms with E-state index in [1.807, 2.05) is 30.3 Å². The topological polar surface area (TPSA) is 93.3 Å². The second-order valence-electron chi connectivity index (χ2n) is 5.96. The first-order chi connectivity index (χ1) is 12.2. The van der Waals surface area contributed by atoms with Crippen LogP contribution in [0.25, 0.3) is 0 Å². The molecule has 0 radical (unpaired) electrons. The van der Waals surface area contributed by atoms with Crippen molar-refractivity contribution in [3.63, 3.8) is 0 Å². The maximum absolute atomic E-state index is 12.2. The molecule has 1 aromatic heterocycles. The van der Waals surface area contributed by atoms with Gasteiger partial charge in [0.1, 0.15) is 0 Å². The first-order valence-corrected chi connectivity index (χ1v) is 8.26. The number of hydrogen-bond donors (Lipinski definition) is 2. The minimum Gasteiger partial charge on any atom is -0.379 e. The van der Waals surface area contributed by atoms with Crippen LogP contribution in [-0.2, 0) is 27.3 Å². The van der Waals surface area contributed by atoms with E-state index in [0.717, 1.165) is 5.56 Å². The predicted octanol–water partition coefficient (Wildman–Crippen LogP) is 0.803. The molecule has 1 amide bonds. The van der Waals surface area contributed by atoms with Gasteiger partial charge in [0.25, 0.3) is 5.56 Å². The van der Waals surface area contributed by atoms with Gasteiger partial charge in [0.15, 0.2) is 0 Å². The Balaban J connectivity index is 1.56. The number of aromatic nitrogens is 2. The molecule has 7 heteroatoms. The number of carbonyl (C=O) groups is 1. The van der Waals surface area contributed by atoms with Crippen molar-refractivity contribution >= 4 is 5.91 Å². The number of ether oxygens (including phenoxy) is 2. The van der Waals surface area contributed by atoms with Gasteiger partial charge in [-0.1, -0.05) is 30.3 Å². The second-order valence-corrected chi connectivity index (χ2v) is 5.96. The van der Waals surface area contributed by atoms with E-state index in [4.69, 9.17) is 9.47 Å². The fourth-order valence-electron chi connectivity index (χ4n) is 2.76. The van der Waals surface area contributed by atoms with Gasteiger partial charge in [-0.15, -0.1) is 0 Å². The highest BCUT2D eigenvalue weighted by molar-refractivity contribution is 5.78. The van der Waals surface area contributed by atoms with E-state index in [1.54, 1.807) is 0 Å². The number of aromatic amines is 1. The Hall–Kier alpha value is -2.51. The standard InChI is InChI=1S/C18H21N3O4/c22-17(8-14-9-19-12-20-18(14)23)21-15-11-24-7-6-16(15)25-10-13-4-2-1-3-5-13/h1-5,9,12,15-16H,6-8,10-11H2,(H,21,22)(H,19,20,23)/t15-,16+/m1/s1. The SMILES string of the molecule is O=C(Cc1cnc[nH]c1=O)N[C@@H]1COCC[C@@H]1OCc1ccccc1. The Morgan fingerprint density at radius 3 is 3.00 bits per heavy atom. The predicted molar refractivity (Wildman–Crippen MR) is 90.9 cm³/mol. The third-order valence-electron chi connectivity index (χ3n) is 4.09. The molecular weight excluding hydrogens is 322 g/mol. The molecule has 1 aromatic carbocycles. The molecule has 1 saturated heterocycles. The summed E-state index contributed by atoms with van der Waals surface area (Å²) in [6, 6.07) is 9.66. The van der Waals surface area contributed by atoms with Gasteiger partial charge in [-0.2, -0.15) is 0 Å². The summed E-state index contributed by atoms with van der Waals surface area (Å²) < 4.78 is 11.4. The minimum atomic E-state index is -0.304. The summed E-state index contributed by atoms with van der Waals surface area (Å²) in [7, 11) is 0. The van der Waals surface area contributed by atoms with Crippen molar-refractivity contribution in [3.8, 4) is 0 Å². The Bertz CT molecular complexity index is 747. The Kier molecular flexibility index (Phi) is 5.92. The average Bonchev–Trinajstić information content (AvgIpc) is 2.64. The quantitative estimate of drug-likeness (QED) is 0.809. The van der Waals surface area contributed by atoms with Crippen LogP contribution in [0.1, 0.15) is 17.5 Å². The molecule has 3 rings (SSSR count). The van der Waals surface area contributed by atoms with E-state index in [9.17, 15) is 9.59 Å². The highest BCUT2D eigenvalue weighted by atomic mass is 16.5. The zero-order valence-electron chi connectivity index (χ0n) is 13.8. The molecule has 132 valence electrons. The molecule has 2 heterocycles. The van der Waals surface area contributed by atoms with E-state index in [1.165, 1.54) is 12.5 Å². The number of amides is 1. The van der Waals surface area contributed by atoms with Gasteiger partial charge in [0.2, 0.25) is 5.91 Å². The van der Waals surface area contributed by atoms with E-state index in [2.05, 4.69) is 15.3 Å². The number of benzene rings is 1. The molecule has 0 aliphatic carbocycles. The number of hydrogen-bond acceptors (Lipinski definition) is 5. The monoisotopic (exact) mass is 343 g/mol. The van der Waals surface area contributed by atoms with Crippen LogP contribution < -0.4 is 10.9 Å². The van der Waals surface area contributed by atoms with Crippen molar-refractivity contribution in [2.45, 2.75) is 31.6 Å². The van der Waals surface area contributed by atoms with Gasteiger partial charge in [-0.05, 0) is 12.0 Å². The van der Waals surface area contributed by atoms with Crippen LogP contribution in [-0.4, -0.2) is 41.2 Å². The number of H-pyrrole nitrogens is 1. The summed E-state index contributed by atoms with van der Waals surface area (Å²) in [6.07, 6.45) is 3.27. The molecule has 2 aromatic rings. The van der Waals surface area contributed by atoms with Gasteiger partial charge in [-0.3, -0.25) is 9.59 Å². The van der Waals surface area contributed by atoms with Crippen molar-refractivity contribution in [1.82, 2.24) is 15.3 Å². The molecule has 0 saturated carbocycles. The lowest BCUT2D eigenvalue weighted by Crippen LogP contribution is -2.51. The lowest BCUT2D eigenvalue weighted by Gasteiger charge is -2.32. The van der Waals surface area contributed by atoms with E-state index in [0.29, 0.717) is 31.8 Å². The van der Waals surface area contributed by atoms with Gasteiger partial charge in [-0.25, -0.2) is 4.98 Å². The number of nitrogens with zero attached hydrogens (tertiary/aromatic N) is 1. The largest absolute Gasteiger partial charge is 0.379 e. The highest BCUT2D eigenvalue weighted by Gasteiger charge is 2.28. The molecule has 1 aliphatic heterocycles. The zero-order chi connectivity index (χ0) is 17.5.